The first-order valence-electron chi connectivity index (χ1n) is 12.1. The van der Waals surface area contributed by atoms with Gasteiger partial charge in [0.2, 0.25) is 0 Å². The predicted octanol–water partition coefficient (Wildman–Crippen LogP) is 2.82. The van der Waals surface area contributed by atoms with Crippen LogP contribution in [0, 0.1) is 28.6 Å². The normalized spacial score (nSPS) is 41.2. The highest BCUT2D eigenvalue weighted by Gasteiger charge is 2.67. The van der Waals surface area contributed by atoms with Crippen LogP contribution in [-0.2, 0) is 14.4 Å². The monoisotopic (exact) mass is 462 g/mol. The van der Waals surface area contributed by atoms with E-state index in [-0.39, 0.29) is 29.0 Å². The molecule has 33 heavy (non-hydrogen) atoms. The minimum absolute atomic E-state index is 0.00912. The van der Waals surface area contributed by atoms with Crippen molar-refractivity contribution in [3.8, 4) is 0 Å². The third kappa shape index (κ3) is 4.24. The molecule has 7 atom stereocenters. The Kier molecular flexibility index (Phi) is 7.37. The average molecular weight is 463 g/mol. The second-order valence-corrected chi connectivity index (χ2v) is 10.7. The molecule has 0 radical (unpaired) electrons. The Morgan fingerprint density at radius 1 is 1.21 bits per heavy atom. The maximum atomic E-state index is 12.4. The maximum absolute atomic E-state index is 12.4. The van der Waals surface area contributed by atoms with Crippen molar-refractivity contribution in [2.45, 2.75) is 83.8 Å². The molecule has 0 spiro atoms. The molecule has 0 amide bonds. The molecule has 0 unspecified atom stereocenters. The number of allylic oxidation sites excluding steroid dienone is 4. The highest BCUT2D eigenvalue weighted by Crippen LogP contribution is 2.67. The van der Waals surface area contributed by atoms with Crippen LogP contribution >= 0.6 is 0 Å². The van der Waals surface area contributed by atoms with Gasteiger partial charge in [-0.25, -0.2) is 0 Å². The van der Waals surface area contributed by atoms with Gasteiger partial charge in [0.25, 0.3) is 0 Å². The first-order chi connectivity index (χ1) is 15.4. The van der Waals surface area contributed by atoms with Gasteiger partial charge in [0.15, 0.2) is 11.6 Å². The van der Waals surface area contributed by atoms with E-state index in [1.54, 1.807) is 12.2 Å². The van der Waals surface area contributed by atoms with Crippen molar-refractivity contribution in [3.63, 3.8) is 0 Å². The number of aliphatic hydroxyl groups is 3. The van der Waals surface area contributed by atoms with E-state index in [9.17, 15) is 29.7 Å². The fourth-order valence-corrected chi connectivity index (χ4v) is 7.25. The van der Waals surface area contributed by atoms with Gasteiger partial charge in [-0.05, 0) is 62.5 Å². The van der Waals surface area contributed by atoms with Crippen LogP contribution in [0.15, 0.2) is 23.8 Å². The summed E-state index contributed by atoms with van der Waals surface area (Å²) in [6.45, 7) is 5.32. The number of hydrogen-bond acceptors (Lipinski definition) is 6. The number of aliphatic carboxylic acids is 1. The Morgan fingerprint density at radius 3 is 2.48 bits per heavy atom. The average Bonchev–Trinajstić information content (AvgIpc) is 3.03. The summed E-state index contributed by atoms with van der Waals surface area (Å²) in [7, 11) is 0. The second-order valence-electron chi connectivity index (χ2n) is 10.7. The molecule has 184 valence electrons. The van der Waals surface area contributed by atoms with E-state index in [0.717, 1.165) is 37.7 Å². The van der Waals surface area contributed by atoms with E-state index in [4.69, 9.17) is 5.11 Å². The fraction of sp³-hybridized carbons (Fsp3) is 0.731. The van der Waals surface area contributed by atoms with Crippen molar-refractivity contribution in [2.75, 3.05) is 6.61 Å². The van der Waals surface area contributed by atoms with Crippen LogP contribution in [0.25, 0.3) is 0 Å². The molecule has 4 aliphatic rings. The van der Waals surface area contributed by atoms with Crippen LogP contribution in [-0.4, -0.2) is 56.3 Å². The minimum Gasteiger partial charge on any atom is -0.481 e. The molecule has 3 fully saturated rings. The molecule has 7 heteroatoms. The van der Waals surface area contributed by atoms with Crippen molar-refractivity contribution >= 4 is 17.5 Å². The van der Waals surface area contributed by atoms with Gasteiger partial charge in [0.05, 0.1) is 6.10 Å². The number of ketones is 2. The molecule has 4 rings (SSSR count). The first kappa shape index (κ1) is 25.8. The molecule has 7 nitrogen and oxygen atoms in total. The standard InChI is InChI=1S/C21H28O5.C5H10O2/c1-19-7-5-13(23)9-12(19)3-4-14-15-6-8-21(26,17(25)11-22)20(15,2)10-16(24)18(14)19;1-2-3-4-5(6)7/h5,7,9,14-16,18,22,24,26H,3-4,6,8,10-11H2,1-2H3;2-4H2,1H3,(H,6,7)/t14-,15-,16-,18+,19-,20-,21-;/m0./s1. The lowest BCUT2D eigenvalue weighted by Gasteiger charge is -2.59. The highest BCUT2D eigenvalue weighted by molar-refractivity contribution is 6.01. The molecule has 0 aromatic rings. The van der Waals surface area contributed by atoms with Crippen LogP contribution in [0.2, 0.25) is 0 Å². The molecule has 0 aliphatic heterocycles. The Hall–Kier alpha value is -1.83. The Balaban J connectivity index is 0.000000383. The molecule has 0 saturated heterocycles. The number of Topliss-reactive ketones (excluding diaryl/α,β-unsaturated/α-hetero) is 1. The van der Waals surface area contributed by atoms with E-state index >= 15 is 0 Å². The molecule has 0 bridgehead atoms. The zero-order valence-corrected chi connectivity index (χ0v) is 19.9. The number of rotatable bonds is 5. The zero-order chi connectivity index (χ0) is 24.6. The summed E-state index contributed by atoms with van der Waals surface area (Å²) in [5, 5.41) is 39.7. The summed E-state index contributed by atoms with van der Waals surface area (Å²) in [5.74, 6) is -0.919. The number of carboxylic acids is 1. The molecule has 3 saturated carbocycles. The lowest BCUT2D eigenvalue weighted by atomic mass is 9.46. The van der Waals surface area contributed by atoms with Crippen LogP contribution in [0.3, 0.4) is 0 Å². The number of hydrogen-bond donors (Lipinski definition) is 4. The van der Waals surface area contributed by atoms with Crippen LogP contribution in [0.4, 0.5) is 0 Å². The van der Waals surface area contributed by atoms with E-state index in [0.29, 0.717) is 19.3 Å². The smallest absolute Gasteiger partial charge is 0.303 e. The molecule has 0 aromatic carbocycles. The quantitative estimate of drug-likeness (QED) is 0.494. The van der Waals surface area contributed by atoms with Gasteiger partial charge in [0, 0.05) is 23.2 Å². The van der Waals surface area contributed by atoms with Gasteiger partial charge in [-0.2, -0.15) is 0 Å². The zero-order valence-electron chi connectivity index (χ0n) is 19.9. The van der Waals surface area contributed by atoms with Crippen LogP contribution < -0.4 is 0 Å². The minimum atomic E-state index is -1.56. The van der Waals surface area contributed by atoms with Crippen LogP contribution in [0.1, 0.15) is 72.1 Å². The Labute approximate surface area is 195 Å². The first-order valence-corrected chi connectivity index (χ1v) is 12.1. The van der Waals surface area contributed by atoms with E-state index in [1.807, 2.05) is 19.9 Å². The maximum Gasteiger partial charge on any atom is 0.303 e. The summed E-state index contributed by atoms with van der Waals surface area (Å²) in [5.41, 5.74) is -1.54. The lowest BCUT2D eigenvalue weighted by molar-refractivity contribution is -0.178. The largest absolute Gasteiger partial charge is 0.481 e. The molecular weight excluding hydrogens is 424 g/mol. The summed E-state index contributed by atoms with van der Waals surface area (Å²) in [6, 6.07) is 0. The third-order valence-corrected chi connectivity index (χ3v) is 9.00. The number of aliphatic hydroxyl groups excluding tert-OH is 2. The van der Waals surface area contributed by atoms with Crippen molar-refractivity contribution in [2.24, 2.45) is 28.6 Å². The molecule has 4 aliphatic carbocycles. The summed E-state index contributed by atoms with van der Waals surface area (Å²) < 4.78 is 0. The molecule has 0 heterocycles. The van der Waals surface area contributed by atoms with Crippen molar-refractivity contribution in [1.82, 2.24) is 0 Å². The SMILES string of the molecule is CCCCC(=O)O.C[C@]12C=CC(=O)C=C1CC[C@@H]1[C@@H]2[C@@H](O)C[C@@]2(C)[C@H]1CC[C@]2(O)C(=O)CO. The van der Waals surface area contributed by atoms with Gasteiger partial charge < -0.3 is 20.4 Å². The van der Waals surface area contributed by atoms with Crippen molar-refractivity contribution in [1.29, 1.82) is 0 Å². The lowest BCUT2D eigenvalue weighted by Crippen LogP contribution is -2.61. The molecular formula is C26H38O7. The van der Waals surface area contributed by atoms with Crippen LogP contribution in [0.5, 0.6) is 0 Å². The Bertz CT molecular complexity index is 861. The van der Waals surface area contributed by atoms with Gasteiger partial charge in [-0.1, -0.05) is 38.8 Å². The second kappa shape index (κ2) is 9.43. The van der Waals surface area contributed by atoms with Crippen molar-refractivity contribution < 1.29 is 34.8 Å². The summed E-state index contributed by atoms with van der Waals surface area (Å²) in [6.07, 6.45) is 9.76. The van der Waals surface area contributed by atoms with Gasteiger partial charge in [0.1, 0.15) is 12.2 Å². The number of carboxylic acid groups (broad SMARTS) is 1. The number of carbonyl (C=O) groups excluding carboxylic acids is 2. The highest BCUT2D eigenvalue weighted by atomic mass is 16.4. The van der Waals surface area contributed by atoms with E-state index in [1.165, 1.54) is 0 Å². The summed E-state index contributed by atoms with van der Waals surface area (Å²) in [4.78, 5) is 33.9. The molecule has 0 aromatic heterocycles. The number of fused-ring (bicyclic) bond motifs is 5. The predicted molar refractivity (Wildman–Crippen MR) is 122 cm³/mol. The van der Waals surface area contributed by atoms with E-state index in [2.05, 4.69) is 6.92 Å². The Morgan fingerprint density at radius 2 is 1.91 bits per heavy atom. The van der Waals surface area contributed by atoms with Gasteiger partial charge >= 0.3 is 5.97 Å². The van der Waals surface area contributed by atoms with Gasteiger partial charge in [-0.3, -0.25) is 14.4 Å². The topological polar surface area (TPSA) is 132 Å². The fourth-order valence-electron chi connectivity index (χ4n) is 7.25. The molecule has 4 N–H and O–H groups in total. The van der Waals surface area contributed by atoms with Crippen molar-refractivity contribution in [3.05, 3.63) is 23.8 Å². The summed E-state index contributed by atoms with van der Waals surface area (Å²) >= 11 is 0. The van der Waals surface area contributed by atoms with Gasteiger partial charge in [-0.15, -0.1) is 0 Å². The number of carbonyl (C=O) groups is 3. The number of unbranched alkanes of at least 4 members (excludes halogenated alkanes) is 1. The van der Waals surface area contributed by atoms with E-state index < -0.39 is 35.5 Å². The third-order valence-electron chi connectivity index (χ3n) is 9.00.